The van der Waals surface area contributed by atoms with E-state index in [0.29, 0.717) is 11.2 Å². The zero-order valence-corrected chi connectivity index (χ0v) is 19.7. The van der Waals surface area contributed by atoms with Gasteiger partial charge in [0.15, 0.2) is 17.0 Å². The van der Waals surface area contributed by atoms with Crippen molar-refractivity contribution in [3.63, 3.8) is 0 Å². The Labute approximate surface area is 201 Å². The fraction of sp³-hybridized carbons (Fsp3) is 0.522. The van der Waals surface area contributed by atoms with Gasteiger partial charge < -0.3 is 14.6 Å². The molecule has 4 atom stereocenters. The van der Waals surface area contributed by atoms with Crippen LogP contribution >= 0.6 is 0 Å². The van der Waals surface area contributed by atoms with Gasteiger partial charge in [0.1, 0.15) is 18.5 Å². The summed E-state index contributed by atoms with van der Waals surface area (Å²) in [5.74, 6) is -0.585. The number of likely N-dealkylation sites (tertiary alicyclic amines) is 1. The Balaban J connectivity index is 1.17. The van der Waals surface area contributed by atoms with E-state index in [4.69, 9.17) is 4.74 Å². The first-order valence-electron chi connectivity index (χ1n) is 11.6. The third-order valence-corrected chi connectivity index (χ3v) is 6.55. The average molecular weight is 482 g/mol. The van der Waals surface area contributed by atoms with E-state index in [1.54, 1.807) is 20.8 Å². The highest BCUT2D eigenvalue weighted by molar-refractivity contribution is 6.06. The van der Waals surface area contributed by atoms with Gasteiger partial charge in [0.25, 0.3) is 0 Å². The number of nitrogens with zero attached hydrogens (tertiary/aromatic N) is 5. The number of carbonyl (C=O) groups is 4. The summed E-state index contributed by atoms with van der Waals surface area (Å²) in [6, 6.07) is 0. The smallest absolute Gasteiger partial charge is 0.413 e. The van der Waals surface area contributed by atoms with Crippen molar-refractivity contribution in [2.45, 2.75) is 39.3 Å². The number of ether oxygens (including phenoxy) is 1. The topological polar surface area (TPSA) is 148 Å². The maximum atomic E-state index is 12.7. The number of imidazole rings is 1. The van der Waals surface area contributed by atoms with Crippen LogP contribution < -0.4 is 10.6 Å². The standard InChI is InChI=1S/C23H27N7O5/c1-23(2,3)35-22(34)28-18-17-19(26-10-25-18)29(11-27-17)9-14(31)24-6-7-30-20(32)15-12-4-5-13(8-12)16(15)21(30)33/h4-5,10-13,15-16H,6-9H2,1-3H3,(H,24,31)(H,25,26,28,34). The summed E-state index contributed by atoms with van der Waals surface area (Å²) < 4.78 is 6.76. The number of amides is 4. The molecular formula is C23H27N7O5. The molecule has 0 aromatic carbocycles. The number of allylic oxidation sites excluding steroid dienone is 2. The van der Waals surface area contributed by atoms with E-state index in [1.807, 2.05) is 0 Å². The molecule has 4 amide bonds. The summed E-state index contributed by atoms with van der Waals surface area (Å²) in [6.45, 7) is 5.46. The van der Waals surface area contributed by atoms with Gasteiger partial charge in [-0.15, -0.1) is 0 Å². The van der Waals surface area contributed by atoms with Gasteiger partial charge in [-0.05, 0) is 39.0 Å². The molecule has 4 unspecified atom stereocenters. The number of anilines is 1. The molecule has 1 saturated carbocycles. The molecule has 2 fully saturated rings. The number of imide groups is 1. The Kier molecular flexibility index (Phi) is 5.53. The summed E-state index contributed by atoms with van der Waals surface area (Å²) >= 11 is 0. The predicted molar refractivity (Wildman–Crippen MR) is 123 cm³/mol. The molecule has 2 aromatic heterocycles. The summed E-state index contributed by atoms with van der Waals surface area (Å²) in [7, 11) is 0. The van der Waals surface area contributed by atoms with Crippen LogP contribution in [0.25, 0.3) is 11.2 Å². The van der Waals surface area contributed by atoms with Crippen molar-refractivity contribution >= 4 is 40.8 Å². The SMILES string of the molecule is CC(C)(C)OC(=O)Nc1ncnc2c1ncn2CC(=O)NCCN1C(=O)C2C3C=CC(C3)C2C1=O. The summed E-state index contributed by atoms with van der Waals surface area (Å²) in [5.41, 5.74) is 0.00360. The molecule has 3 heterocycles. The minimum absolute atomic E-state index is 0.0827. The van der Waals surface area contributed by atoms with Gasteiger partial charge in [0, 0.05) is 13.1 Å². The molecule has 5 rings (SSSR count). The lowest BCUT2D eigenvalue weighted by atomic mass is 9.85. The molecule has 2 bridgehead atoms. The number of aromatic nitrogens is 4. The molecule has 12 heteroatoms. The van der Waals surface area contributed by atoms with Crippen molar-refractivity contribution in [2.24, 2.45) is 23.7 Å². The molecule has 2 aliphatic carbocycles. The van der Waals surface area contributed by atoms with Crippen LogP contribution in [-0.2, 0) is 25.7 Å². The third-order valence-electron chi connectivity index (χ3n) is 6.55. The van der Waals surface area contributed by atoms with Crippen LogP contribution in [0.5, 0.6) is 0 Å². The Morgan fingerprint density at radius 2 is 1.77 bits per heavy atom. The molecule has 0 spiro atoms. The molecule has 35 heavy (non-hydrogen) atoms. The molecule has 2 aromatic rings. The van der Waals surface area contributed by atoms with Gasteiger partial charge in [0.2, 0.25) is 17.7 Å². The average Bonchev–Trinajstić information content (AvgIpc) is 3.53. The minimum Gasteiger partial charge on any atom is -0.444 e. The number of carbonyl (C=O) groups excluding carboxylic acids is 4. The van der Waals surface area contributed by atoms with Crippen LogP contribution in [0, 0.1) is 23.7 Å². The minimum atomic E-state index is -0.677. The second-order valence-corrected chi connectivity index (χ2v) is 10.1. The Hall–Kier alpha value is -3.83. The van der Waals surface area contributed by atoms with Gasteiger partial charge in [-0.1, -0.05) is 12.2 Å². The lowest BCUT2D eigenvalue weighted by Gasteiger charge is -2.19. The maximum Gasteiger partial charge on any atom is 0.413 e. The monoisotopic (exact) mass is 481 g/mol. The zero-order chi connectivity index (χ0) is 24.9. The maximum absolute atomic E-state index is 12.7. The van der Waals surface area contributed by atoms with Crippen molar-refractivity contribution in [1.82, 2.24) is 29.7 Å². The Morgan fingerprint density at radius 1 is 1.09 bits per heavy atom. The predicted octanol–water partition coefficient (Wildman–Crippen LogP) is 1.10. The zero-order valence-electron chi connectivity index (χ0n) is 19.7. The normalized spacial score (nSPS) is 24.8. The first-order chi connectivity index (χ1) is 16.6. The molecule has 1 aliphatic heterocycles. The fourth-order valence-corrected chi connectivity index (χ4v) is 5.19. The van der Waals surface area contributed by atoms with Gasteiger partial charge in [-0.25, -0.2) is 19.7 Å². The fourth-order valence-electron chi connectivity index (χ4n) is 5.19. The third kappa shape index (κ3) is 4.24. The van der Waals surface area contributed by atoms with E-state index in [2.05, 4.69) is 37.7 Å². The number of nitrogens with one attached hydrogen (secondary N) is 2. The lowest BCUT2D eigenvalue weighted by molar-refractivity contribution is -0.141. The number of hydrogen-bond donors (Lipinski definition) is 2. The molecule has 12 nitrogen and oxygen atoms in total. The van der Waals surface area contributed by atoms with Gasteiger partial charge in [-0.2, -0.15) is 0 Å². The molecule has 184 valence electrons. The van der Waals surface area contributed by atoms with E-state index in [0.717, 1.165) is 6.42 Å². The molecule has 0 radical (unpaired) electrons. The van der Waals surface area contributed by atoms with Crippen LogP contribution in [0.3, 0.4) is 0 Å². The second-order valence-electron chi connectivity index (χ2n) is 10.1. The number of fused-ring (bicyclic) bond motifs is 6. The number of hydrogen-bond acceptors (Lipinski definition) is 8. The van der Waals surface area contributed by atoms with Crippen molar-refractivity contribution in [2.75, 3.05) is 18.4 Å². The van der Waals surface area contributed by atoms with Crippen molar-refractivity contribution in [1.29, 1.82) is 0 Å². The van der Waals surface area contributed by atoms with E-state index in [1.165, 1.54) is 22.1 Å². The first kappa shape index (κ1) is 22.9. The van der Waals surface area contributed by atoms with Crippen LogP contribution in [0.2, 0.25) is 0 Å². The van der Waals surface area contributed by atoms with Gasteiger partial charge in [0.05, 0.1) is 18.2 Å². The van der Waals surface area contributed by atoms with E-state index in [9.17, 15) is 19.2 Å². The summed E-state index contributed by atoms with van der Waals surface area (Å²) in [6.07, 6.45) is 7.00. The van der Waals surface area contributed by atoms with Crippen molar-refractivity contribution in [3.05, 3.63) is 24.8 Å². The Bertz CT molecular complexity index is 1220. The van der Waals surface area contributed by atoms with E-state index < -0.39 is 11.7 Å². The number of rotatable bonds is 6. The highest BCUT2D eigenvalue weighted by Gasteiger charge is 2.58. The molecular weight excluding hydrogens is 454 g/mol. The van der Waals surface area contributed by atoms with Crippen LogP contribution in [0.15, 0.2) is 24.8 Å². The van der Waals surface area contributed by atoms with Crippen molar-refractivity contribution < 1.29 is 23.9 Å². The van der Waals surface area contributed by atoms with Crippen LogP contribution in [-0.4, -0.2) is 66.9 Å². The molecule has 2 N–H and O–H groups in total. The van der Waals surface area contributed by atoms with E-state index >= 15 is 0 Å². The van der Waals surface area contributed by atoms with Gasteiger partial charge >= 0.3 is 6.09 Å². The molecule has 3 aliphatic rings. The molecule has 1 saturated heterocycles. The van der Waals surface area contributed by atoms with E-state index in [-0.39, 0.29) is 66.8 Å². The van der Waals surface area contributed by atoms with Gasteiger partial charge in [-0.3, -0.25) is 24.6 Å². The largest absolute Gasteiger partial charge is 0.444 e. The summed E-state index contributed by atoms with van der Waals surface area (Å²) in [4.78, 5) is 63.8. The second kappa shape index (κ2) is 8.43. The highest BCUT2D eigenvalue weighted by Crippen LogP contribution is 2.52. The van der Waals surface area contributed by atoms with Crippen LogP contribution in [0.4, 0.5) is 10.6 Å². The van der Waals surface area contributed by atoms with Crippen molar-refractivity contribution in [3.8, 4) is 0 Å². The lowest BCUT2D eigenvalue weighted by Crippen LogP contribution is -2.40. The highest BCUT2D eigenvalue weighted by atomic mass is 16.6. The van der Waals surface area contributed by atoms with Crippen LogP contribution in [0.1, 0.15) is 27.2 Å². The summed E-state index contributed by atoms with van der Waals surface area (Å²) in [5, 5.41) is 5.29. The first-order valence-corrected chi connectivity index (χ1v) is 11.6. The quantitative estimate of drug-likeness (QED) is 0.460. The Morgan fingerprint density at radius 3 is 2.43 bits per heavy atom.